The lowest BCUT2D eigenvalue weighted by atomic mass is 9.54. The van der Waals surface area contributed by atoms with Gasteiger partial charge in [-0.3, -0.25) is 9.59 Å². The highest BCUT2D eigenvalue weighted by molar-refractivity contribution is 9.10. The summed E-state index contributed by atoms with van der Waals surface area (Å²) in [5, 5.41) is 0. The van der Waals surface area contributed by atoms with Gasteiger partial charge in [0.1, 0.15) is 0 Å². The minimum atomic E-state index is -0.744. The molecular formula is C25H17Br2NO2. The number of anilines is 1. The highest BCUT2D eigenvalue weighted by Gasteiger charge is 2.72. The van der Waals surface area contributed by atoms with Gasteiger partial charge in [-0.25, -0.2) is 4.90 Å². The molecule has 2 atom stereocenters. The number of hydrogen-bond donors (Lipinski definition) is 0. The van der Waals surface area contributed by atoms with E-state index in [1.165, 1.54) is 4.90 Å². The van der Waals surface area contributed by atoms with Gasteiger partial charge in [0, 0.05) is 0 Å². The van der Waals surface area contributed by atoms with E-state index in [1.54, 1.807) is 0 Å². The van der Waals surface area contributed by atoms with Crippen LogP contribution in [0.4, 0.5) is 5.69 Å². The number of nitrogens with zero attached hydrogens (tertiary/aromatic N) is 1. The second-order valence-corrected chi connectivity index (χ2v) is 10.8. The molecule has 0 N–H and O–H groups in total. The lowest BCUT2D eigenvalue weighted by Crippen LogP contribution is -2.56. The highest BCUT2D eigenvalue weighted by atomic mass is 79.9. The fourth-order valence-electron chi connectivity index (χ4n) is 5.69. The Hall–Kier alpha value is -2.24. The SMILES string of the molecule is Cc1cccc(N2C(=O)C3[C@@H](C2=O)C2(Br)c4ccccc4C3(Br)c3ccccc32)c1. The van der Waals surface area contributed by atoms with Gasteiger partial charge in [0.25, 0.3) is 0 Å². The largest absolute Gasteiger partial charge is 0.274 e. The molecule has 148 valence electrons. The molecule has 3 aliphatic carbocycles. The van der Waals surface area contributed by atoms with Crippen molar-refractivity contribution in [1.29, 1.82) is 0 Å². The van der Waals surface area contributed by atoms with Gasteiger partial charge in [-0.1, -0.05) is 92.5 Å². The maximum absolute atomic E-state index is 13.9. The van der Waals surface area contributed by atoms with Crippen LogP contribution in [0.3, 0.4) is 0 Å². The molecule has 3 aromatic rings. The van der Waals surface area contributed by atoms with Crippen LogP contribution in [0.25, 0.3) is 0 Å². The average molecular weight is 523 g/mol. The number of aryl methyl sites for hydroxylation is 1. The van der Waals surface area contributed by atoms with Crippen LogP contribution >= 0.6 is 31.9 Å². The number of benzene rings is 3. The Morgan fingerprint density at radius 1 is 0.700 bits per heavy atom. The van der Waals surface area contributed by atoms with Crippen molar-refractivity contribution < 1.29 is 9.59 Å². The van der Waals surface area contributed by atoms with Gasteiger partial charge >= 0.3 is 0 Å². The van der Waals surface area contributed by atoms with E-state index < -0.39 is 20.5 Å². The van der Waals surface area contributed by atoms with Crippen LogP contribution in [0.1, 0.15) is 27.8 Å². The van der Waals surface area contributed by atoms with Crippen LogP contribution in [-0.4, -0.2) is 11.8 Å². The summed E-state index contributed by atoms with van der Waals surface area (Å²) in [7, 11) is 0. The summed E-state index contributed by atoms with van der Waals surface area (Å²) in [6.45, 7) is 1.97. The molecule has 7 rings (SSSR count). The van der Waals surface area contributed by atoms with Crippen molar-refractivity contribution in [2.24, 2.45) is 11.8 Å². The Balaban J connectivity index is 1.67. The molecule has 2 amide bonds. The van der Waals surface area contributed by atoms with Crippen LogP contribution in [-0.2, 0) is 18.2 Å². The number of alkyl halides is 2. The van der Waals surface area contributed by atoms with Gasteiger partial charge in [0.05, 0.1) is 26.2 Å². The molecule has 5 heteroatoms. The number of halogens is 2. The first-order chi connectivity index (χ1) is 14.4. The standard InChI is InChI=1S/C25H17Br2NO2/c1-14-7-6-8-15(13-14)28-22(29)20-21(23(28)30)25(27)17-10-3-2-9-16(17)24(20,26)18-11-4-5-12-19(18)25/h2-13,20-21H,1H3/t20-,21?,24?,25?/m0/s1. The summed E-state index contributed by atoms with van der Waals surface area (Å²) >= 11 is 8.05. The van der Waals surface area contributed by atoms with Gasteiger partial charge in [-0.2, -0.15) is 0 Å². The van der Waals surface area contributed by atoms with Crippen molar-refractivity contribution in [3.63, 3.8) is 0 Å². The van der Waals surface area contributed by atoms with Gasteiger partial charge in [-0.05, 0) is 46.9 Å². The van der Waals surface area contributed by atoms with Crippen LogP contribution in [0.5, 0.6) is 0 Å². The Morgan fingerprint density at radius 3 is 1.53 bits per heavy atom. The summed E-state index contributed by atoms with van der Waals surface area (Å²) in [6.07, 6.45) is 0. The monoisotopic (exact) mass is 521 g/mol. The quantitative estimate of drug-likeness (QED) is 0.317. The zero-order valence-corrected chi connectivity index (χ0v) is 19.3. The topological polar surface area (TPSA) is 37.4 Å². The van der Waals surface area contributed by atoms with Crippen molar-refractivity contribution in [3.8, 4) is 0 Å². The number of amides is 2. The molecule has 1 aliphatic heterocycles. The van der Waals surface area contributed by atoms with Gasteiger partial charge in [-0.15, -0.1) is 0 Å². The van der Waals surface area contributed by atoms with Gasteiger partial charge < -0.3 is 0 Å². The van der Waals surface area contributed by atoms with Crippen molar-refractivity contribution in [1.82, 2.24) is 0 Å². The summed E-state index contributed by atoms with van der Waals surface area (Å²) in [5.74, 6) is -1.37. The second kappa shape index (κ2) is 5.92. The van der Waals surface area contributed by atoms with E-state index in [1.807, 2.05) is 55.5 Å². The van der Waals surface area contributed by atoms with Crippen molar-refractivity contribution in [2.45, 2.75) is 15.6 Å². The molecule has 4 aliphatic rings. The minimum absolute atomic E-state index is 0.152. The molecule has 1 fully saturated rings. The molecule has 1 heterocycles. The molecule has 0 saturated carbocycles. The van der Waals surface area contributed by atoms with E-state index in [0.717, 1.165) is 27.8 Å². The number of imide groups is 1. The van der Waals surface area contributed by atoms with Crippen LogP contribution in [0.15, 0.2) is 72.8 Å². The summed E-state index contributed by atoms with van der Waals surface area (Å²) in [4.78, 5) is 29.1. The van der Waals surface area contributed by atoms with Crippen LogP contribution in [0.2, 0.25) is 0 Å². The predicted molar refractivity (Wildman–Crippen MR) is 123 cm³/mol. The van der Waals surface area contributed by atoms with E-state index in [4.69, 9.17) is 0 Å². The maximum Gasteiger partial charge on any atom is 0.239 e. The Morgan fingerprint density at radius 2 is 1.13 bits per heavy atom. The van der Waals surface area contributed by atoms with Gasteiger partial charge in [0.15, 0.2) is 0 Å². The molecule has 0 aromatic heterocycles. The Labute approximate surface area is 191 Å². The third kappa shape index (κ3) is 1.96. The van der Waals surface area contributed by atoms with E-state index in [2.05, 4.69) is 56.1 Å². The molecule has 0 radical (unpaired) electrons. The first-order valence-electron chi connectivity index (χ1n) is 9.92. The zero-order valence-electron chi connectivity index (χ0n) is 16.1. The lowest BCUT2D eigenvalue weighted by Gasteiger charge is -2.55. The molecule has 30 heavy (non-hydrogen) atoms. The normalized spacial score (nSPS) is 30.8. The van der Waals surface area contributed by atoms with E-state index >= 15 is 0 Å². The molecule has 3 aromatic carbocycles. The third-order valence-electron chi connectivity index (χ3n) is 6.85. The number of rotatable bonds is 1. The fourth-order valence-corrected chi connectivity index (χ4v) is 7.99. The van der Waals surface area contributed by atoms with Crippen LogP contribution in [0, 0.1) is 18.8 Å². The number of carbonyl (C=O) groups is 2. The first kappa shape index (κ1) is 18.5. The lowest BCUT2D eigenvalue weighted by molar-refractivity contribution is -0.122. The molecule has 0 spiro atoms. The van der Waals surface area contributed by atoms with E-state index in [0.29, 0.717) is 5.69 Å². The van der Waals surface area contributed by atoms with E-state index in [9.17, 15) is 9.59 Å². The van der Waals surface area contributed by atoms with Crippen molar-refractivity contribution in [3.05, 3.63) is 101 Å². The van der Waals surface area contributed by atoms with Gasteiger partial charge in [0.2, 0.25) is 11.8 Å². The molecule has 1 unspecified atom stereocenters. The van der Waals surface area contributed by atoms with Crippen molar-refractivity contribution >= 4 is 49.4 Å². The summed E-state index contributed by atoms with van der Waals surface area (Å²) in [5.41, 5.74) is 5.85. The number of carbonyl (C=O) groups excluding carboxylic acids is 2. The second-order valence-electron chi connectivity index (χ2n) is 8.32. The average Bonchev–Trinajstić information content (AvgIpc) is 3.03. The third-order valence-corrected chi connectivity index (χ3v) is 9.54. The molecule has 1 saturated heterocycles. The molecule has 3 nitrogen and oxygen atoms in total. The molecule has 2 bridgehead atoms. The zero-order chi connectivity index (χ0) is 20.8. The highest BCUT2D eigenvalue weighted by Crippen LogP contribution is 2.70. The fraction of sp³-hybridized carbons (Fsp3) is 0.200. The van der Waals surface area contributed by atoms with Crippen LogP contribution < -0.4 is 4.90 Å². The smallest absolute Gasteiger partial charge is 0.239 e. The molecular weight excluding hydrogens is 506 g/mol. The first-order valence-corrected chi connectivity index (χ1v) is 11.5. The van der Waals surface area contributed by atoms with E-state index in [-0.39, 0.29) is 11.8 Å². The Bertz CT molecular complexity index is 1150. The predicted octanol–water partition coefficient (Wildman–Crippen LogP) is 5.40. The van der Waals surface area contributed by atoms with Crippen molar-refractivity contribution in [2.75, 3.05) is 4.90 Å². The summed E-state index contributed by atoms with van der Waals surface area (Å²) in [6, 6.07) is 23.9. The maximum atomic E-state index is 13.9. The number of hydrogen-bond acceptors (Lipinski definition) is 2. The summed E-state index contributed by atoms with van der Waals surface area (Å²) < 4.78 is -1.49. The Kier molecular flexibility index (Phi) is 3.66. The minimum Gasteiger partial charge on any atom is -0.274 e.